The van der Waals surface area contributed by atoms with Gasteiger partial charge in [-0.3, -0.25) is 4.79 Å². The van der Waals surface area contributed by atoms with E-state index in [4.69, 9.17) is 9.47 Å². The molecule has 1 aromatic rings. The van der Waals surface area contributed by atoms with Crippen molar-refractivity contribution in [2.75, 3.05) is 26.8 Å². The van der Waals surface area contributed by atoms with Gasteiger partial charge in [-0.15, -0.1) is 0 Å². The number of carbonyl (C=O) groups is 1. The lowest BCUT2D eigenvalue weighted by atomic mass is 10.1. The standard InChI is InChI=1S/C15H22N2O3/c1-10(9-16-3)15(18)17-11(2)12-4-5-13-14(8-12)20-7-6-19-13/h4-5,8,10-11,16H,6-7,9H2,1-3H3,(H,17,18). The van der Waals surface area contributed by atoms with Crippen LogP contribution in [0.5, 0.6) is 11.5 Å². The van der Waals surface area contributed by atoms with Crippen molar-refractivity contribution >= 4 is 5.91 Å². The molecular formula is C15H22N2O3. The van der Waals surface area contributed by atoms with Crippen molar-refractivity contribution in [2.24, 2.45) is 5.92 Å². The van der Waals surface area contributed by atoms with E-state index < -0.39 is 0 Å². The second-order valence-electron chi connectivity index (χ2n) is 5.09. The molecule has 1 heterocycles. The van der Waals surface area contributed by atoms with Gasteiger partial charge in [0.2, 0.25) is 5.91 Å². The Labute approximate surface area is 119 Å². The lowest BCUT2D eigenvalue weighted by Gasteiger charge is -2.22. The van der Waals surface area contributed by atoms with Gasteiger partial charge in [0.25, 0.3) is 0 Å². The third-order valence-corrected chi connectivity index (χ3v) is 3.38. The van der Waals surface area contributed by atoms with Gasteiger partial charge in [0.15, 0.2) is 11.5 Å². The van der Waals surface area contributed by atoms with Crippen molar-refractivity contribution in [3.05, 3.63) is 23.8 Å². The molecule has 2 atom stereocenters. The predicted molar refractivity (Wildman–Crippen MR) is 77.1 cm³/mol. The number of ether oxygens (including phenoxy) is 2. The number of amides is 1. The first kappa shape index (κ1) is 14.7. The highest BCUT2D eigenvalue weighted by Gasteiger charge is 2.18. The molecule has 0 saturated carbocycles. The Kier molecular flexibility index (Phi) is 4.84. The number of rotatable bonds is 5. The minimum absolute atomic E-state index is 0.0433. The zero-order valence-electron chi connectivity index (χ0n) is 12.2. The van der Waals surface area contributed by atoms with Gasteiger partial charge >= 0.3 is 0 Å². The highest BCUT2D eigenvalue weighted by Crippen LogP contribution is 2.32. The van der Waals surface area contributed by atoms with Crippen LogP contribution in [0.1, 0.15) is 25.5 Å². The van der Waals surface area contributed by atoms with E-state index in [1.54, 1.807) is 0 Å². The first-order valence-corrected chi connectivity index (χ1v) is 6.96. The van der Waals surface area contributed by atoms with Crippen LogP contribution < -0.4 is 20.1 Å². The molecule has 2 N–H and O–H groups in total. The number of hydrogen-bond acceptors (Lipinski definition) is 4. The van der Waals surface area contributed by atoms with Crippen molar-refractivity contribution in [1.29, 1.82) is 0 Å². The van der Waals surface area contributed by atoms with Crippen molar-refractivity contribution < 1.29 is 14.3 Å². The van der Waals surface area contributed by atoms with E-state index in [1.807, 2.05) is 39.1 Å². The number of benzene rings is 1. The van der Waals surface area contributed by atoms with E-state index in [0.29, 0.717) is 19.8 Å². The zero-order valence-corrected chi connectivity index (χ0v) is 12.2. The van der Waals surface area contributed by atoms with E-state index in [2.05, 4.69) is 10.6 Å². The van der Waals surface area contributed by atoms with E-state index >= 15 is 0 Å². The molecule has 0 fully saturated rings. The fourth-order valence-electron chi connectivity index (χ4n) is 2.17. The Balaban J connectivity index is 2.02. The maximum atomic E-state index is 12.0. The second kappa shape index (κ2) is 6.61. The van der Waals surface area contributed by atoms with Gasteiger partial charge in [-0.05, 0) is 31.7 Å². The highest BCUT2D eigenvalue weighted by molar-refractivity contribution is 5.79. The van der Waals surface area contributed by atoms with Crippen LogP contribution in [0.15, 0.2) is 18.2 Å². The average molecular weight is 278 g/mol. The van der Waals surface area contributed by atoms with Crippen LogP contribution in [0.25, 0.3) is 0 Å². The summed E-state index contributed by atoms with van der Waals surface area (Å²) in [6, 6.07) is 5.73. The van der Waals surface area contributed by atoms with Crippen LogP contribution in [0.4, 0.5) is 0 Å². The molecule has 5 heteroatoms. The highest BCUT2D eigenvalue weighted by atomic mass is 16.6. The number of fused-ring (bicyclic) bond motifs is 1. The van der Waals surface area contributed by atoms with E-state index in [1.165, 1.54) is 0 Å². The number of carbonyl (C=O) groups excluding carboxylic acids is 1. The van der Waals surface area contributed by atoms with Crippen molar-refractivity contribution in [3.8, 4) is 11.5 Å². The van der Waals surface area contributed by atoms with Crippen LogP contribution in [0.3, 0.4) is 0 Å². The summed E-state index contributed by atoms with van der Waals surface area (Å²) in [5.41, 5.74) is 1.01. The summed E-state index contributed by atoms with van der Waals surface area (Å²) in [5.74, 6) is 1.50. The maximum Gasteiger partial charge on any atom is 0.224 e. The van der Waals surface area contributed by atoms with Gasteiger partial charge in [0.05, 0.1) is 6.04 Å². The lowest BCUT2D eigenvalue weighted by molar-refractivity contribution is -0.125. The summed E-state index contributed by atoms with van der Waals surface area (Å²) >= 11 is 0. The van der Waals surface area contributed by atoms with E-state index in [9.17, 15) is 4.79 Å². The summed E-state index contributed by atoms with van der Waals surface area (Å²) in [6.07, 6.45) is 0. The minimum Gasteiger partial charge on any atom is -0.486 e. The molecule has 0 spiro atoms. The first-order chi connectivity index (χ1) is 9.61. The fraction of sp³-hybridized carbons (Fsp3) is 0.533. The fourth-order valence-corrected chi connectivity index (χ4v) is 2.17. The van der Waals surface area contributed by atoms with Crippen molar-refractivity contribution in [3.63, 3.8) is 0 Å². The molecule has 1 aromatic carbocycles. The lowest BCUT2D eigenvalue weighted by Crippen LogP contribution is -2.35. The van der Waals surface area contributed by atoms with Crippen molar-refractivity contribution in [1.82, 2.24) is 10.6 Å². The molecule has 0 radical (unpaired) electrons. The third kappa shape index (κ3) is 3.42. The van der Waals surface area contributed by atoms with Crippen LogP contribution in [-0.4, -0.2) is 32.7 Å². The molecule has 1 aliphatic rings. The second-order valence-corrected chi connectivity index (χ2v) is 5.09. The van der Waals surface area contributed by atoms with Gasteiger partial charge in [0, 0.05) is 12.5 Å². The molecule has 20 heavy (non-hydrogen) atoms. The molecule has 0 aromatic heterocycles. The summed E-state index contributed by atoms with van der Waals surface area (Å²) in [6.45, 7) is 5.69. The Morgan fingerprint density at radius 2 is 1.95 bits per heavy atom. The third-order valence-electron chi connectivity index (χ3n) is 3.38. The quantitative estimate of drug-likeness (QED) is 0.857. The monoisotopic (exact) mass is 278 g/mol. The molecular weight excluding hydrogens is 256 g/mol. The summed E-state index contributed by atoms with van der Waals surface area (Å²) in [7, 11) is 1.84. The Morgan fingerprint density at radius 1 is 1.25 bits per heavy atom. The Hall–Kier alpha value is -1.75. The summed E-state index contributed by atoms with van der Waals surface area (Å²) in [4.78, 5) is 12.0. The van der Waals surface area contributed by atoms with Crippen LogP contribution >= 0.6 is 0 Å². The van der Waals surface area contributed by atoms with Crippen molar-refractivity contribution in [2.45, 2.75) is 19.9 Å². The van der Waals surface area contributed by atoms with E-state index in [0.717, 1.165) is 17.1 Å². The molecule has 110 valence electrons. The van der Waals surface area contributed by atoms with Crippen LogP contribution in [0, 0.1) is 5.92 Å². The Bertz CT molecular complexity index is 476. The number of nitrogens with one attached hydrogen (secondary N) is 2. The normalized spacial score (nSPS) is 16.4. The summed E-state index contributed by atoms with van der Waals surface area (Å²) < 4.78 is 11.0. The van der Waals surface area contributed by atoms with Gasteiger partial charge < -0.3 is 20.1 Å². The van der Waals surface area contributed by atoms with Crippen LogP contribution in [0.2, 0.25) is 0 Å². The predicted octanol–water partition coefficient (Wildman–Crippen LogP) is 1.49. The molecule has 2 unspecified atom stereocenters. The Morgan fingerprint density at radius 3 is 2.65 bits per heavy atom. The van der Waals surface area contributed by atoms with E-state index in [-0.39, 0.29) is 17.9 Å². The summed E-state index contributed by atoms with van der Waals surface area (Å²) in [5, 5.41) is 6.02. The smallest absolute Gasteiger partial charge is 0.224 e. The SMILES string of the molecule is CNCC(C)C(=O)NC(C)c1ccc2c(c1)OCCO2. The minimum atomic E-state index is -0.0577. The molecule has 5 nitrogen and oxygen atoms in total. The maximum absolute atomic E-state index is 12.0. The molecule has 0 aliphatic carbocycles. The zero-order chi connectivity index (χ0) is 14.5. The van der Waals surface area contributed by atoms with Gasteiger partial charge in [-0.2, -0.15) is 0 Å². The molecule has 1 aliphatic heterocycles. The molecule has 1 amide bonds. The average Bonchev–Trinajstić information content (AvgIpc) is 2.46. The largest absolute Gasteiger partial charge is 0.486 e. The molecule has 2 rings (SSSR count). The van der Waals surface area contributed by atoms with Gasteiger partial charge in [-0.25, -0.2) is 0 Å². The van der Waals surface area contributed by atoms with Gasteiger partial charge in [-0.1, -0.05) is 13.0 Å². The first-order valence-electron chi connectivity index (χ1n) is 6.96. The number of hydrogen-bond donors (Lipinski definition) is 2. The van der Waals surface area contributed by atoms with Crippen LogP contribution in [-0.2, 0) is 4.79 Å². The molecule has 0 saturated heterocycles. The topological polar surface area (TPSA) is 59.6 Å². The molecule has 0 bridgehead atoms. The van der Waals surface area contributed by atoms with Gasteiger partial charge in [0.1, 0.15) is 13.2 Å².